The molecule has 0 radical (unpaired) electrons. The molecule has 0 aromatic carbocycles. The van der Waals surface area contributed by atoms with Crippen LogP contribution in [0.3, 0.4) is 0 Å². The molecule has 0 heterocycles. The first kappa shape index (κ1) is 9.73. The SMILES string of the molecule is C/C=C/C=C/C(=O)C(Cl)Cl. The molecule has 56 valence electrons. The van der Waals surface area contributed by atoms with E-state index < -0.39 is 4.84 Å². The third-order valence-electron chi connectivity index (χ3n) is 0.779. The summed E-state index contributed by atoms with van der Waals surface area (Å²) in [7, 11) is 0. The van der Waals surface area contributed by atoms with E-state index in [1.165, 1.54) is 6.08 Å². The van der Waals surface area contributed by atoms with Gasteiger partial charge in [-0.05, 0) is 13.0 Å². The largest absolute Gasteiger partial charge is 0.292 e. The Kier molecular flexibility index (Phi) is 5.36. The van der Waals surface area contributed by atoms with Crippen molar-refractivity contribution in [2.45, 2.75) is 11.8 Å². The van der Waals surface area contributed by atoms with E-state index in [2.05, 4.69) is 0 Å². The lowest BCUT2D eigenvalue weighted by Gasteiger charge is -1.89. The predicted molar refractivity (Wildman–Crippen MR) is 44.5 cm³/mol. The summed E-state index contributed by atoms with van der Waals surface area (Å²) in [5, 5.41) is 0. The van der Waals surface area contributed by atoms with Crippen LogP contribution in [0.25, 0.3) is 0 Å². The maximum Gasteiger partial charge on any atom is 0.188 e. The van der Waals surface area contributed by atoms with Crippen LogP contribution in [0.15, 0.2) is 24.3 Å². The summed E-state index contributed by atoms with van der Waals surface area (Å²) in [5.41, 5.74) is 0. The normalized spacial score (nSPS) is 12.0. The summed E-state index contributed by atoms with van der Waals surface area (Å²) in [4.78, 5) is 9.69. The number of halogens is 2. The second-order valence-electron chi connectivity index (χ2n) is 1.59. The summed E-state index contributed by atoms with van der Waals surface area (Å²) >= 11 is 10.5. The van der Waals surface area contributed by atoms with Gasteiger partial charge in [0.25, 0.3) is 0 Å². The highest BCUT2D eigenvalue weighted by molar-refractivity contribution is 6.54. The molecule has 10 heavy (non-hydrogen) atoms. The highest BCUT2D eigenvalue weighted by atomic mass is 35.5. The number of rotatable bonds is 3. The van der Waals surface area contributed by atoms with Gasteiger partial charge in [-0.2, -0.15) is 0 Å². The van der Waals surface area contributed by atoms with E-state index in [-0.39, 0.29) is 5.78 Å². The minimum atomic E-state index is -0.943. The lowest BCUT2D eigenvalue weighted by Crippen LogP contribution is -2.01. The summed E-state index contributed by atoms with van der Waals surface area (Å²) in [6.45, 7) is 1.85. The fraction of sp³-hybridized carbons (Fsp3) is 0.286. The lowest BCUT2D eigenvalue weighted by molar-refractivity contribution is -0.113. The van der Waals surface area contributed by atoms with E-state index in [1.54, 1.807) is 18.2 Å². The van der Waals surface area contributed by atoms with Gasteiger partial charge in [-0.15, -0.1) is 0 Å². The molecule has 0 saturated carbocycles. The van der Waals surface area contributed by atoms with Crippen molar-refractivity contribution in [1.82, 2.24) is 0 Å². The van der Waals surface area contributed by atoms with Crippen LogP contribution in [0.4, 0.5) is 0 Å². The monoisotopic (exact) mass is 178 g/mol. The number of hydrogen-bond donors (Lipinski definition) is 0. The molecule has 0 aliphatic carbocycles. The second kappa shape index (κ2) is 5.51. The number of alkyl halides is 2. The van der Waals surface area contributed by atoms with Crippen molar-refractivity contribution in [1.29, 1.82) is 0 Å². The molecule has 1 nitrogen and oxygen atoms in total. The zero-order valence-electron chi connectivity index (χ0n) is 5.55. The van der Waals surface area contributed by atoms with Gasteiger partial charge in [-0.25, -0.2) is 0 Å². The maximum absolute atomic E-state index is 10.6. The second-order valence-corrected chi connectivity index (χ2v) is 2.68. The standard InChI is InChI=1S/C7H8Cl2O/c1-2-3-4-5-6(10)7(8)9/h2-5,7H,1H3/b3-2+,5-4+. The summed E-state index contributed by atoms with van der Waals surface area (Å²) in [5.74, 6) is -0.290. The zero-order valence-corrected chi connectivity index (χ0v) is 7.06. The van der Waals surface area contributed by atoms with Crippen molar-refractivity contribution < 1.29 is 4.79 Å². The number of allylic oxidation sites excluding steroid dienone is 4. The van der Waals surface area contributed by atoms with E-state index >= 15 is 0 Å². The Morgan fingerprint density at radius 3 is 2.40 bits per heavy atom. The quantitative estimate of drug-likeness (QED) is 0.369. The molecule has 0 aliphatic heterocycles. The van der Waals surface area contributed by atoms with Crippen LogP contribution in [-0.4, -0.2) is 10.6 Å². The van der Waals surface area contributed by atoms with Gasteiger partial charge < -0.3 is 0 Å². The molecule has 0 aromatic heterocycles. The minimum Gasteiger partial charge on any atom is -0.292 e. The van der Waals surface area contributed by atoms with Gasteiger partial charge >= 0.3 is 0 Å². The van der Waals surface area contributed by atoms with Gasteiger partial charge in [0.05, 0.1) is 0 Å². The van der Waals surface area contributed by atoms with Gasteiger partial charge in [0.1, 0.15) is 0 Å². The van der Waals surface area contributed by atoms with E-state index in [0.29, 0.717) is 0 Å². The molecule has 0 N–H and O–H groups in total. The van der Waals surface area contributed by atoms with Crippen molar-refractivity contribution >= 4 is 29.0 Å². The molecular weight excluding hydrogens is 171 g/mol. The smallest absolute Gasteiger partial charge is 0.188 e. The van der Waals surface area contributed by atoms with Gasteiger partial charge in [0.2, 0.25) is 0 Å². The van der Waals surface area contributed by atoms with Crippen LogP contribution in [0.2, 0.25) is 0 Å². The van der Waals surface area contributed by atoms with Gasteiger partial charge in [-0.3, -0.25) is 4.79 Å². The fourth-order valence-corrected chi connectivity index (χ4v) is 0.480. The fourth-order valence-electron chi connectivity index (χ4n) is 0.334. The van der Waals surface area contributed by atoms with Gasteiger partial charge in [0, 0.05) is 0 Å². The molecule has 0 bridgehead atoms. The Balaban J connectivity index is 3.78. The lowest BCUT2D eigenvalue weighted by atomic mass is 10.3. The van der Waals surface area contributed by atoms with Crippen LogP contribution in [-0.2, 0) is 4.79 Å². The summed E-state index contributed by atoms with van der Waals surface area (Å²) in [6.07, 6.45) is 6.47. The summed E-state index contributed by atoms with van der Waals surface area (Å²) in [6, 6.07) is 0. The van der Waals surface area contributed by atoms with Crippen LogP contribution < -0.4 is 0 Å². The van der Waals surface area contributed by atoms with E-state index in [0.717, 1.165) is 0 Å². The molecular formula is C7H8Cl2O. The van der Waals surface area contributed by atoms with Crippen molar-refractivity contribution in [3.63, 3.8) is 0 Å². The molecule has 0 spiro atoms. The van der Waals surface area contributed by atoms with Crippen LogP contribution in [0.5, 0.6) is 0 Å². The Labute approximate surface area is 70.3 Å². The van der Waals surface area contributed by atoms with E-state index in [1.807, 2.05) is 6.92 Å². The minimum absolute atomic E-state index is 0.290. The highest BCUT2D eigenvalue weighted by Crippen LogP contribution is 2.03. The average Bonchev–Trinajstić information content (AvgIpc) is 1.88. The molecule has 0 fully saturated rings. The first-order chi connectivity index (χ1) is 4.68. The van der Waals surface area contributed by atoms with Crippen LogP contribution in [0, 0.1) is 0 Å². The number of carbonyl (C=O) groups is 1. The summed E-state index contributed by atoms with van der Waals surface area (Å²) < 4.78 is 0. The Hall–Kier alpha value is -0.270. The predicted octanol–water partition coefficient (Wildman–Crippen LogP) is 2.49. The molecule has 0 atom stereocenters. The molecule has 0 aromatic rings. The highest BCUT2D eigenvalue weighted by Gasteiger charge is 2.05. The van der Waals surface area contributed by atoms with Gasteiger partial charge in [-0.1, -0.05) is 41.4 Å². The molecule has 3 heteroatoms. The van der Waals surface area contributed by atoms with E-state index in [4.69, 9.17) is 23.2 Å². The Morgan fingerprint density at radius 1 is 1.40 bits per heavy atom. The molecule has 0 amide bonds. The van der Waals surface area contributed by atoms with Crippen LogP contribution >= 0.6 is 23.2 Å². The third-order valence-corrected chi connectivity index (χ3v) is 1.21. The van der Waals surface area contributed by atoms with Crippen LogP contribution in [0.1, 0.15) is 6.92 Å². The topological polar surface area (TPSA) is 17.1 Å². The van der Waals surface area contributed by atoms with Gasteiger partial charge in [0.15, 0.2) is 10.6 Å². The number of carbonyl (C=O) groups excluding carboxylic acids is 1. The Bertz CT molecular complexity index is 159. The van der Waals surface area contributed by atoms with Crippen molar-refractivity contribution in [2.75, 3.05) is 0 Å². The zero-order chi connectivity index (χ0) is 7.98. The molecule has 0 saturated heterocycles. The molecule has 0 unspecified atom stereocenters. The molecule has 0 aliphatic rings. The number of hydrogen-bond acceptors (Lipinski definition) is 1. The average molecular weight is 179 g/mol. The van der Waals surface area contributed by atoms with Crippen molar-refractivity contribution in [3.05, 3.63) is 24.3 Å². The molecule has 0 rings (SSSR count). The first-order valence-corrected chi connectivity index (χ1v) is 3.67. The van der Waals surface area contributed by atoms with E-state index in [9.17, 15) is 4.79 Å². The first-order valence-electron chi connectivity index (χ1n) is 2.80. The van der Waals surface area contributed by atoms with Crippen molar-refractivity contribution in [3.8, 4) is 0 Å². The van der Waals surface area contributed by atoms with Crippen molar-refractivity contribution in [2.24, 2.45) is 0 Å². The third kappa shape index (κ3) is 4.59. The maximum atomic E-state index is 10.6. The number of ketones is 1. The Morgan fingerprint density at radius 2 is 2.00 bits per heavy atom.